The van der Waals surface area contributed by atoms with Crippen molar-refractivity contribution in [3.8, 4) is 89.8 Å². The van der Waals surface area contributed by atoms with E-state index in [9.17, 15) is 0 Å². The minimum Gasteiger partial charge on any atom is -0.304 e. The summed E-state index contributed by atoms with van der Waals surface area (Å²) in [5.41, 5.74) is 22.3. The zero-order valence-electron chi connectivity index (χ0n) is 56.1. The minimum atomic E-state index is -2.16. The first-order valence-electron chi connectivity index (χ1n) is 32.1. The molecule has 0 saturated heterocycles. The summed E-state index contributed by atoms with van der Waals surface area (Å²) in [6, 6.07) is 114. The van der Waals surface area contributed by atoms with Crippen LogP contribution >= 0.6 is 0 Å². The Hall–Kier alpha value is -10.0. The third-order valence-electron chi connectivity index (χ3n) is 14.2. The summed E-state index contributed by atoms with van der Waals surface area (Å²) < 4.78 is 21.9. The van der Waals surface area contributed by atoms with Crippen molar-refractivity contribution < 1.29 is 44.3 Å². The number of nitrogens with zero attached hydrogens (tertiary/aromatic N) is 6. The summed E-state index contributed by atoms with van der Waals surface area (Å²) >= 11 is 0. The van der Waals surface area contributed by atoms with E-state index >= 15 is 0 Å². The molecule has 8 aromatic carbocycles. The number of pyridine rings is 6. The Labute approximate surface area is 588 Å². The fraction of sp³-hybridized carbons (Fsp3) is 0.0930. The van der Waals surface area contributed by atoms with Crippen LogP contribution in [0.1, 0.15) is 51.9 Å². The van der Waals surface area contributed by atoms with Gasteiger partial charge in [0, 0.05) is 50.4 Å². The first-order valence-corrected chi connectivity index (χ1v) is 30.6. The van der Waals surface area contributed by atoms with E-state index in [-0.39, 0.29) is 45.9 Å². The molecule has 6 heterocycles. The molecule has 6 nitrogen and oxygen atoms in total. The van der Waals surface area contributed by atoms with Gasteiger partial charge in [0.1, 0.15) is 0 Å². The molecule has 14 rings (SSSR count). The SMILES string of the molecule is CCc1cc(-c2[c-]cccc2)ncc1-c1ccccc1.CCc1cc(-c2[c-]cccc2)ncc1-c1ccccc1.Cc1cccc(-c2[c-]cccc2)n1.Cc1cccc(-c2[c-]cccc2)n1.Cc1cccc(-c2[c-]cccc2)n1.[2H]C([2H])([2H])c1cccc(-c2[c-]cccc2)n1.[Ir+3].[Ir+3]. The van der Waals surface area contributed by atoms with E-state index in [1.807, 2.05) is 239 Å². The summed E-state index contributed by atoms with van der Waals surface area (Å²) in [5.74, 6) is 0. The second kappa shape index (κ2) is 38.7. The van der Waals surface area contributed by atoms with Gasteiger partial charge in [0.15, 0.2) is 0 Å². The number of rotatable bonds is 10. The van der Waals surface area contributed by atoms with Crippen LogP contribution in [0, 0.1) is 64.0 Å². The van der Waals surface area contributed by atoms with Gasteiger partial charge in [-0.1, -0.05) is 135 Å². The Morgan fingerprint density at radius 3 is 0.787 bits per heavy atom. The minimum absolute atomic E-state index is 0. The van der Waals surface area contributed by atoms with Crippen LogP contribution in [0.25, 0.3) is 89.8 Å². The van der Waals surface area contributed by atoms with Crippen LogP contribution in [-0.2, 0) is 53.1 Å². The van der Waals surface area contributed by atoms with Gasteiger partial charge >= 0.3 is 40.2 Å². The Balaban J connectivity index is 0.000000165. The summed E-state index contributed by atoms with van der Waals surface area (Å²) in [5, 5.41) is 0. The quantitative estimate of drug-likeness (QED) is 0.127. The molecular formula is C86H72Ir2N6. The van der Waals surface area contributed by atoms with Crippen molar-refractivity contribution in [2.45, 2.75) is 54.3 Å². The van der Waals surface area contributed by atoms with Gasteiger partial charge < -0.3 is 29.9 Å². The van der Waals surface area contributed by atoms with Crippen LogP contribution in [0.5, 0.6) is 0 Å². The predicted octanol–water partition coefficient (Wildman–Crippen LogP) is 21.0. The van der Waals surface area contributed by atoms with Gasteiger partial charge in [-0.05, 0) is 121 Å². The van der Waals surface area contributed by atoms with E-state index in [2.05, 4.69) is 141 Å². The molecule has 6 aromatic heterocycles. The Morgan fingerprint density at radius 2 is 0.543 bits per heavy atom. The van der Waals surface area contributed by atoms with Crippen LogP contribution < -0.4 is 0 Å². The van der Waals surface area contributed by atoms with Crippen molar-refractivity contribution in [1.29, 1.82) is 0 Å². The zero-order valence-corrected chi connectivity index (χ0v) is 57.9. The second-order valence-electron chi connectivity index (χ2n) is 21.0. The number of benzene rings is 8. The average Bonchev–Trinajstić information content (AvgIpc) is 0.859. The summed E-state index contributed by atoms with van der Waals surface area (Å²) in [6.07, 6.45) is 5.94. The monoisotopic (exact) mass is 1580 g/mol. The van der Waals surface area contributed by atoms with E-state index in [4.69, 9.17) is 4.11 Å². The maximum Gasteiger partial charge on any atom is 3.00 e. The van der Waals surface area contributed by atoms with E-state index < -0.39 is 6.85 Å². The zero-order chi connectivity index (χ0) is 66.5. The first-order chi connectivity index (χ1) is 46.4. The molecule has 0 fully saturated rings. The van der Waals surface area contributed by atoms with Crippen molar-refractivity contribution in [2.24, 2.45) is 0 Å². The van der Waals surface area contributed by atoms with Crippen molar-refractivity contribution >= 4 is 0 Å². The van der Waals surface area contributed by atoms with E-state index in [1.54, 1.807) is 18.2 Å². The first kappa shape index (κ1) is 66.9. The molecule has 14 aromatic rings. The molecule has 0 amide bonds. The fourth-order valence-corrected chi connectivity index (χ4v) is 9.61. The van der Waals surface area contributed by atoms with Crippen LogP contribution in [0.4, 0.5) is 0 Å². The van der Waals surface area contributed by atoms with Gasteiger partial charge in [0.25, 0.3) is 0 Å². The molecule has 0 aliphatic rings. The standard InChI is InChI=1S/2C19H16N.4C12H10N.2Ir/c2*1-2-15-13-19(17-11-7-4-8-12-17)20-14-18(15)16-9-5-3-6-10-16;4*1-10-6-5-9-12(13-10)11-7-3-2-4-8-11;;/h2*3-11,13-14H,2H2,1H3;4*2-7,9H,1H3;;/q6*-1;2*+3/i;;1D3;;;;;. The van der Waals surface area contributed by atoms with Gasteiger partial charge in [0.2, 0.25) is 0 Å². The third kappa shape index (κ3) is 22.1. The van der Waals surface area contributed by atoms with Crippen molar-refractivity contribution in [3.05, 3.63) is 374 Å². The van der Waals surface area contributed by atoms with Crippen LogP contribution in [-0.4, -0.2) is 29.9 Å². The maximum atomic E-state index is 7.29. The number of hydrogen-bond donors (Lipinski definition) is 0. The molecule has 0 bridgehead atoms. The largest absolute Gasteiger partial charge is 3.00 e. The summed E-state index contributed by atoms with van der Waals surface area (Å²) in [4.78, 5) is 26.6. The van der Waals surface area contributed by atoms with Crippen molar-refractivity contribution in [1.82, 2.24) is 29.9 Å². The topological polar surface area (TPSA) is 77.3 Å². The molecule has 0 saturated carbocycles. The molecule has 8 heteroatoms. The third-order valence-corrected chi connectivity index (χ3v) is 14.2. The Morgan fingerprint density at radius 1 is 0.287 bits per heavy atom. The predicted molar refractivity (Wildman–Crippen MR) is 380 cm³/mol. The van der Waals surface area contributed by atoms with Gasteiger partial charge in [0.05, 0.1) is 0 Å². The van der Waals surface area contributed by atoms with E-state index in [0.29, 0.717) is 5.69 Å². The number of hydrogen-bond acceptors (Lipinski definition) is 6. The van der Waals surface area contributed by atoms with Gasteiger partial charge in [-0.25, -0.2) is 0 Å². The van der Waals surface area contributed by atoms with Gasteiger partial charge in [-0.3, -0.25) is 0 Å². The molecular weight excluding hydrogens is 1500 g/mol. The molecule has 464 valence electrons. The maximum absolute atomic E-state index is 7.29. The molecule has 0 atom stereocenters. The fourth-order valence-electron chi connectivity index (χ4n) is 9.61. The molecule has 0 N–H and O–H groups in total. The molecule has 0 aliphatic carbocycles. The van der Waals surface area contributed by atoms with Crippen LogP contribution in [0.2, 0.25) is 0 Å². The Kier molecular flexibility index (Phi) is 27.5. The molecule has 94 heavy (non-hydrogen) atoms. The van der Waals surface area contributed by atoms with Gasteiger partial charge in [-0.2, -0.15) is 0 Å². The molecule has 0 radical (unpaired) electrons. The summed E-state index contributed by atoms with van der Waals surface area (Å²) in [7, 11) is 0. The van der Waals surface area contributed by atoms with Crippen molar-refractivity contribution in [2.75, 3.05) is 0 Å². The molecule has 0 spiro atoms. The Bertz CT molecular complexity index is 4240. The second-order valence-corrected chi connectivity index (χ2v) is 21.0. The normalized spacial score (nSPS) is 10.5. The van der Waals surface area contributed by atoms with E-state index in [1.165, 1.54) is 39.4 Å². The van der Waals surface area contributed by atoms with Gasteiger partial charge in [-0.15, -0.1) is 215 Å². The number of aromatic nitrogens is 6. The molecule has 0 aliphatic heterocycles. The van der Waals surface area contributed by atoms with Crippen LogP contribution in [0.3, 0.4) is 0 Å². The smallest absolute Gasteiger partial charge is 0.304 e. The average molecular weight is 1580 g/mol. The summed E-state index contributed by atoms with van der Waals surface area (Å²) in [6.45, 7) is 8.18. The van der Waals surface area contributed by atoms with Crippen LogP contribution in [0.15, 0.2) is 304 Å². The van der Waals surface area contributed by atoms with Crippen molar-refractivity contribution in [3.63, 3.8) is 0 Å². The number of aryl methyl sites for hydroxylation is 6. The van der Waals surface area contributed by atoms with E-state index in [0.717, 1.165) is 91.8 Å². The molecule has 0 unspecified atom stereocenters.